The van der Waals surface area contributed by atoms with Crippen molar-refractivity contribution in [3.05, 3.63) is 78.6 Å². The second-order valence-corrected chi connectivity index (χ2v) is 11.9. The van der Waals surface area contributed by atoms with Gasteiger partial charge in [0.25, 0.3) is 16.4 Å². The van der Waals surface area contributed by atoms with Crippen molar-refractivity contribution in [3.63, 3.8) is 0 Å². The Kier molecular flexibility index (Phi) is 5.94. The van der Waals surface area contributed by atoms with Gasteiger partial charge in [-0.15, -0.1) is 0 Å². The van der Waals surface area contributed by atoms with Gasteiger partial charge in [-0.05, 0) is 60.4 Å². The molecule has 0 atom stereocenters. The fourth-order valence-electron chi connectivity index (χ4n) is 4.33. The lowest BCUT2D eigenvalue weighted by atomic mass is 10.0. The summed E-state index contributed by atoms with van der Waals surface area (Å²) in [5.41, 5.74) is 0.185. The van der Waals surface area contributed by atoms with Gasteiger partial charge in [-0.25, -0.2) is 34.6 Å². The molecule has 0 aliphatic carbocycles. The molecule has 182 valence electrons. The Morgan fingerprint density at radius 2 is 1.43 bits per heavy atom. The van der Waals surface area contributed by atoms with Crippen molar-refractivity contribution in [2.45, 2.75) is 29.1 Å². The van der Waals surface area contributed by atoms with Crippen molar-refractivity contribution in [3.8, 4) is 11.1 Å². The van der Waals surface area contributed by atoms with Gasteiger partial charge in [0.2, 0.25) is 10.0 Å². The predicted octanol–water partition coefficient (Wildman–Crippen LogP) is 4.66. The summed E-state index contributed by atoms with van der Waals surface area (Å²) in [6, 6.07) is 16.1. The van der Waals surface area contributed by atoms with Crippen LogP contribution in [0.2, 0.25) is 0 Å². The van der Waals surface area contributed by atoms with E-state index in [2.05, 4.69) is 4.98 Å². The lowest BCUT2D eigenvalue weighted by Gasteiger charge is -2.15. The van der Waals surface area contributed by atoms with Crippen LogP contribution in [0.25, 0.3) is 22.2 Å². The van der Waals surface area contributed by atoms with E-state index in [1.165, 1.54) is 46.9 Å². The molecule has 3 heterocycles. The van der Waals surface area contributed by atoms with E-state index in [1.807, 2.05) is 0 Å². The van der Waals surface area contributed by atoms with Gasteiger partial charge in [-0.2, -0.15) is 4.31 Å². The highest BCUT2D eigenvalue weighted by Crippen LogP contribution is 2.36. The van der Waals surface area contributed by atoms with Crippen LogP contribution in [0.15, 0.2) is 82.7 Å². The Morgan fingerprint density at radius 1 is 0.800 bits per heavy atom. The topological polar surface area (TPSA) is 89.3 Å². The summed E-state index contributed by atoms with van der Waals surface area (Å²) in [4.78, 5) is 4.13. The van der Waals surface area contributed by atoms with E-state index in [4.69, 9.17) is 0 Å². The van der Waals surface area contributed by atoms with Gasteiger partial charge in [0.05, 0.1) is 9.79 Å². The molecule has 0 saturated carbocycles. The first-order valence-electron chi connectivity index (χ1n) is 10.9. The molecule has 5 rings (SSSR count). The van der Waals surface area contributed by atoms with Crippen molar-refractivity contribution in [2.24, 2.45) is 0 Å². The highest BCUT2D eigenvalue weighted by Gasteiger charge is 2.30. The van der Waals surface area contributed by atoms with Crippen LogP contribution in [-0.4, -0.2) is 43.2 Å². The molecule has 0 spiro atoms. The lowest BCUT2D eigenvalue weighted by Crippen LogP contribution is -2.27. The third kappa shape index (κ3) is 4.03. The van der Waals surface area contributed by atoms with E-state index in [0.717, 1.165) is 18.9 Å². The first kappa shape index (κ1) is 23.6. The van der Waals surface area contributed by atoms with Crippen molar-refractivity contribution >= 4 is 31.1 Å². The van der Waals surface area contributed by atoms with Crippen LogP contribution in [0.5, 0.6) is 0 Å². The molecule has 0 unspecified atom stereocenters. The third-order valence-corrected chi connectivity index (χ3v) is 9.71. The molecule has 2 aromatic carbocycles. The molecule has 1 aliphatic heterocycles. The number of nitrogens with zero attached hydrogens (tertiary/aromatic N) is 3. The van der Waals surface area contributed by atoms with E-state index in [1.54, 1.807) is 24.3 Å². The number of alkyl halides is 2. The minimum atomic E-state index is -4.34. The number of benzene rings is 2. The molecule has 4 aromatic rings. The molecule has 0 radical (unpaired) electrons. The number of hydrogen-bond acceptors (Lipinski definition) is 5. The number of fused-ring (bicyclic) bond motifs is 1. The van der Waals surface area contributed by atoms with Crippen LogP contribution in [0.1, 0.15) is 25.0 Å². The van der Waals surface area contributed by atoms with Crippen LogP contribution < -0.4 is 0 Å². The maximum absolute atomic E-state index is 14.0. The molecule has 2 aromatic heterocycles. The summed E-state index contributed by atoms with van der Waals surface area (Å²) in [6.07, 6.45) is -0.0780. The maximum atomic E-state index is 14.0. The Bertz CT molecular complexity index is 1600. The summed E-state index contributed by atoms with van der Waals surface area (Å²) < 4.78 is 82.2. The third-order valence-electron chi connectivity index (χ3n) is 6.06. The largest absolute Gasteiger partial charge is 0.279 e. The number of rotatable bonds is 6. The van der Waals surface area contributed by atoms with E-state index in [-0.39, 0.29) is 20.8 Å². The smallest absolute Gasteiger partial charge is 0.237 e. The second-order valence-electron chi connectivity index (χ2n) is 8.18. The molecule has 0 amide bonds. The van der Waals surface area contributed by atoms with Gasteiger partial charge in [-0.1, -0.05) is 30.3 Å². The molecule has 35 heavy (non-hydrogen) atoms. The molecule has 0 N–H and O–H groups in total. The summed E-state index contributed by atoms with van der Waals surface area (Å²) >= 11 is 0. The monoisotopic (exact) mass is 517 g/mol. The minimum absolute atomic E-state index is 0.129. The van der Waals surface area contributed by atoms with Gasteiger partial charge >= 0.3 is 0 Å². The van der Waals surface area contributed by atoms with Crippen LogP contribution in [-0.2, 0) is 20.0 Å². The van der Waals surface area contributed by atoms with E-state index >= 15 is 0 Å². The zero-order valence-corrected chi connectivity index (χ0v) is 20.0. The fraction of sp³-hybridized carbons (Fsp3) is 0.208. The van der Waals surface area contributed by atoms with E-state index < -0.39 is 32.2 Å². The lowest BCUT2D eigenvalue weighted by molar-refractivity contribution is 0.145. The fourth-order valence-corrected chi connectivity index (χ4v) is 7.35. The van der Waals surface area contributed by atoms with Gasteiger partial charge in [0, 0.05) is 24.7 Å². The van der Waals surface area contributed by atoms with Crippen molar-refractivity contribution in [1.82, 2.24) is 13.3 Å². The zero-order chi connectivity index (χ0) is 24.8. The summed E-state index contributed by atoms with van der Waals surface area (Å²) in [5, 5.41) is 0.220. The summed E-state index contributed by atoms with van der Waals surface area (Å²) in [6.45, 7) is 0.962. The number of aromatic nitrogens is 2. The molecule has 7 nitrogen and oxygen atoms in total. The standard InChI is InChI=1S/C24H21F2N3O4S2/c25-23(26)22-16-21-20(17-8-10-19(11-9-17)34(30,31)28-14-4-5-15-28)12-13-27-24(21)29(22)35(32,33)18-6-2-1-3-7-18/h1-3,6-13,16,23H,4-5,14-15H2. The van der Waals surface area contributed by atoms with Gasteiger partial charge in [0.15, 0.2) is 5.65 Å². The number of sulfonamides is 1. The number of hydrogen-bond donors (Lipinski definition) is 0. The summed E-state index contributed by atoms with van der Waals surface area (Å²) in [5.74, 6) is 0. The van der Waals surface area contributed by atoms with Crippen LogP contribution in [0.3, 0.4) is 0 Å². The highest BCUT2D eigenvalue weighted by molar-refractivity contribution is 7.90. The zero-order valence-electron chi connectivity index (χ0n) is 18.4. The Labute approximate surface area is 201 Å². The Hall–Kier alpha value is -3.15. The van der Waals surface area contributed by atoms with Crippen LogP contribution in [0.4, 0.5) is 8.78 Å². The van der Waals surface area contributed by atoms with Crippen molar-refractivity contribution < 1.29 is 25.6 Å². The van der Waals surface area contributed by atoms with E-state index in [0.29, 0.717) is 28.2 Å². The molecule has 11 heteroatoms. The highest BCUT2D eigenvalue weighted by atomic mass is 32.2. The van der Waals surface area contributed by atoms with Gasteiger partial charge < -0.3 is 0 Å². The van der Waals surface area contributed by atoms with Crippen molar-refractivity contribution in [2.75, 3.05) is 13.1 Å². The molecule has 0 bridgehead atoms. The van der Waals surface area contributed by atoms with Gasteiger partial charge in [0.1, 0.15) is 5.69 Å². The van der Waals surface area contributed by atoms with Crippen LogP contribution >= 0.6 is 0 Å². The molecular formula is C24H21F2N3O4S2. The molecular weight excluding hydrogens is 496 g/mol. The van der Waals surface area contributed by atoms with E-state index in [9.17, 15) is 25.6 Å². The second kappa shape index (κ2) is 8.81. The van der Waals surface area contributed by atoms with Crippen molar-refractivity contribution in [1.29, 1.82) is 0 Å². The average molecular weight is 518 g/mol. The normalized spacial score (nSPS) is 15.3. The number of pyridine rings is 1. The Morgan fingerprint density at radius 3 is 2.06 bits per heavy atom. The molecule has 1 fully saturated rings. The molecule has 1 aliphatic rings. The average Bonchev–Trinajstić information content (AvgIpc) is 3.54. The quantitative estimate of drug-likeness (QED) is 0.371. The minimum Gasteiger partial charge on any atom is -0.237 e. The van der Waals surface area contributed by atoms with Gasteiger partial charge in [-0.3, -0.25) is 0 Å². The first-order valence-corrected chi connectivity index (χ1v) is 13.8. The first-order chi connectivity index (χ1) is 16.7. The maximum Gasteiger partial charge on any atom is 0.279 e. The summed E-state index contributed by atoms with van der Waals surface area (Å²) in [7, 11) is -7.95. The predicted molar refractivity (Wildman–Crippen MR) is 127 cm³/mol. The van der Waals surface area contributed by atoms with Crippen LogP contribution in [0, 0.1) is 0 Å². The Balaban J connectivity index is 1.64. The SMILES string of the molecule is O=S(=O)(c1ccc(-c2ccnc3c2cc(C(F)F)n3S(=O)(=O)c2ccccc2)cc1)N1CCCC1. The molecule has 1 saturated heterocycles. The number of halogens is 2.